The van der Waals surface area contributed by atoms with Gasteiger partial charge in [0.2, 0.25) is 0 Å². The van der Waals surface area contributed by atoms with Crippen molar-refractivity contribution in [1.29, 1.82) is 0 Å². The average Bonchev–Trinajstić information content (AvgIpc) is 3.21. The molecule has 1 amide bonds. The molecule has 2 heterocycles. The third-order valence-corrected chi connectivity index (χ3v) is 5.86. The Hall–Kier alpha value is -2.38. The first-order valence-electron chi connectivity index (χ1n) is 8.93. The number of fused-ring (bicyclic) bond motifs is 1. The minimum Gasteiger partial charge on any atom is -0.451 e. The number of nitrogens with one attached hydrogen (secondary N) is 1. The van der Waals surface area contributed by atoms with Gasteiger partial charge < -0.3 is 10.1 Å². The van der Waals surface area contributed by atoms with Gasteiger partial charge >= 0.3 is 5.97 Å². The van der Waals surface area contributed by atoms with Crippen LogP contribution in [0.5, 0.6) is 0 Å². The zero-order chi connectivity index (χ0) is 20.5. The second-order valence-corrected chi connectivity index (χ2v) is 8.63. The second-order valence-electron chi connectivity index (χ2n) is 7.16. The van der Waals surface area contributed by atoms with Crippen LogP contribution >= 0.6 is 22.9 Å². The first-order chi connectivity index (χ1) is 13.2. The highest BCUT2D eigenvalue weighted by atomic mass is 35.5. The van der Waals surface area contributed by atoms with E-state index in [1.54, 1.807) is 22.9 Å². The highest BCUT2D eigenvalue weighted by Gasteiger charge is 2.21. The van der Waals surface area contributed by atoms with Crippen LogP contribution in [0.25, 0.3) is 15.9 Å². The first kappa shape index (κ1) is 20.4. The minimum absolute atomic E-state index is 0.307. The number of amides is 1. The Morgan fingerprint density at radius 3 is 2.61 bits per heavy atom. The molecule has 2 aromatic heterocycles. The van der Waals surface area contributed by atoms with Crippen LogP contribution in [0.2, 0.25) is 5.02 Å². The van der Waals surface area contributed by atoms with Crippen molar-refractivity contribution in [1.82, 2.24) is 15.1 Å². The molecule has 0 bridgehead atoms. The third kappa shape index (κ3) is 4.36. The summed E-state index contributed by atoms with van der Waals surface area (Å²) in [4.78, 5) is 25.7. The zero-order valence-electron chi connectivity index (χ0n) is 16.2. The number of carbonyl (C=O) groups excluding carboxylic acids is 2. The van der Waals surface area contributed by atoms with Crippen molar-refractivity contribution in [2.24, 2.45) is 0 Å². The molecule has 0 spiro atoms. The monoisotopic (exact) mass is 419 g/mol. The summed E-state index contributed by atoms with van der Waals surface area (Å²) in [5, 5.41) is 8.90. The summed E-state index contributed by atoms with van der Waals surface area (Å²) in [5.41, 5.74) is 1.33. The number of halogens is 1. The van der Waals surface area contributed by atoms with Crippen LogP contribution in [0, 0.1) is 6.92 Å². The smallest absolute Gasteiger partial charge is 0.348 e. The van der Waals surface area contributed by atoms with Gasteiger partial charge in [-0.2, -0.15) is 5.10 Å². The van der Waals surface area contributed by atoms with Crippen molar-refractivity contribution in [3.63, 3.8) is 0 Å². The lowest BCUT2D eigenvalue weighted by atomic mass is 10.0. The van der Waals surface area contributed by atoms with Crippen molar-refractivity contribution >= 4 is 45.0 Å². The van der Waals surface area contributed by atoms with E-state index < -0.39 is 5.97 Å². The van der Waals surface area contributed by atoms with Crippen molar-refractivity contribution in [2.75, 3.05) is 6.61 Å². The minimum atomic E-state index is -0.521. The fourth-order valence-electron chi connectivity index (χ4n) is 2.61. The number of aryl methyl sites for hydroxylation is 1. The Morgan fingerprint density at radius 1 is 1.29 bits per heavy atom. The summed E-state index contributed by atoms with van der Waals surface area (Å²) in [6, 6.07) is 9.07. The molecule has 0 unspecified atom stereocenters. The number of hydrogen-bond donors (Lipinski definition) is 1. The molecule has 3 aromatic rings. The fraction of sp³-hybridized carbons (Fsp3) is 0.350. The number of esters is 1. The Kier molecular flexibility index (Phi) is 5.76. The Morgan fingerprint density at radius 2 is 1.96 bits per heavy atom. The van der Waals surface area contributed by atoms with E-state index >= 15 is 0 Å². The van der Waals surface area contributed by atoms with Gasteiger partial charge in [0.25, 0.3) is 5.91 Å². The molecule has 8 heteroatoms. The maximum atomic E-state index is 12.4. The van der Waals surface area contributed by atoms with E-state index in [1.807, 2.05) is 39.8 Å². The van der Waals surface area contributed by atoms with Gasteiger partial charge in [-0.1, -0.05) is 18.5 Å². The Labute approximate surface area is 172 Å². The van der Waals surface area contributed by atoms with Crippen LogP contribution in [-0.2, 0) is 9.53 Å². The van der Waals surface area contributed by atoms with Gasteiger partial charge in [0.1, 0.15) is 9.71 Å². The number of rotatable bonds is 6. The molecule has 148 valence electrons. The molecule has 0 fully saturated rings. The van der Waals surface area contributed by atoms with Gasteiger partial charge in [0.05, 0.1) is 11.4 Å². The van der Waals surface area contributed by atoms with E-state index in [9.17, 15) is 9.59 Å². The highest BCUT2D eigenvalue weighted by molar-refractivity contribution is 7.20. The Bertz CT molecular complexity index is 1020. The van der Waals surface area contributed by atoms with Crippen molar-refractivity contribution < 1.29 is 14.3 Å². The quantitative estimate of drug-likeness (QED) is 0.596. The maximum Gasteiger partial charge on any atom is 0.348 e. The van der Waals surface area contributed by atoms with E-state index in [4.69, 9.17) is 16.3 Å². The predicted octanol–water partition coefficient (Wildman–Crippen LogP) is 4.51. The summed E-state index contributed by atoms with van der Waals surface area (Å²) in [6.07, 6.45) is 0.781. The number of ether oxygens (including phenoxy) is 1. The molecule has 0 saturated carbocycles. The normalized spacial score (nSPS) is 11.6. The summed E-state index contributed by atoms with van der Waals surface area (Å²) >= 11 is 7.24. The largest absolute Gasteiger partial charge is 0.451 e. The van der Waals surface area contributed by atoms with Crippen LogP contribution in [0.15, 0.2) is 30.3 Å². The highest BCUT2D eigenvalue weighted by Crippen LogP contribution is 2.31. The molecular weight excluding hydrogens is 398 g/mol. The van der Waals surface area contributed by atoms with Crippen LogP contribution in [0.1, 0.15) is 42.6 Å². The molecule has 0 aliphatic rings. The van der Waals surface area contributed by atoms with Crippen molar-refractivity contribution in [3.05, 3.63) is 45.9 Å². The number of thiophene rings is 1. The Balaban J connectivity index is 1.77. The summed E-state index contributed by atoms with van der Waals surface area (Å²) in [6.45, 7) is 7.40. The molecule has 6 nitrogen and oxygen atoms in total. The molecule has 0 saturated heterocycles. The second kappa shape index (κ2) is 7.93. The molecule has 3 rings (SSSR count). The van der Waals surface area contributed by atoms with E-state index in [0.717, 1.165) is 28.0 Å². The number of hydrogen-bond acceptors (Lipinski definition) is 5. The van der Waals surface area contributed by atoms with Crippen LogP contribution in [-0.4, -0.2) is 33.8 Å². The van der Waals surface area contributed by atoms with Gasteiger partial charge in [-0.05, 0) is 57.5 Å². The van der Waals surface area contributed by atoms with Crippen molar-refractivity contribution in [2.45, 2.75) is 39.7 Å². The summed E-state index contributed by atoms with van der Waals surface area (Å²) in [7, 11) is 0. The van der Waals surface area contributed by atoms with Gasteiger partial charge in [0.15, 0.2) is 6.61 Å². The third-order valence-electron chi connectivity index (χ3n) is 4.51. The van der Waals surface area contributed by atoms with Crippen molar-refractivity contribution in [3.8, 4) is 5.69 Å². The van der Waals surface area contributed by atoms with Gasteiger partial charge in [-0.15, -0.1) is 11.3 Å². The first-order valence-corrected chi connectivity index (χ1v) is 10.1. The molecule has 0 atom stereocenters. The molecule has 0 radical (unpaired) electrons. The van der Waals surface area contributed by atoms with E-state index in [1.165, 1.54) is 11.3 Å². The topological polar surface area (TPSA) is 73.2 Å². The fourth-order valence-corrected chi connectivity index (χ4v) is 3.81. The maximum absolute atomic E-state index is 12.4. The number of nitrogens with zero attached hydrogens (tertiary/aromatic N) is 2. The number of benzene rings is 1. The summed E-state index contributed by atoms with van der Waals surface area (Å²) in [5.74, 6) is -0.836. The molecule has 28 heavy (non-hydrogen) atoms. The van der Waals surface area contributed by atoms with E-state index in [2.05, 4.69) is 10.4 Å². The van der Waals surface area contributed by atoms with Crippen LogP contribution in [0.4, 0.5) is 0 Å². The van der Waals surface area contributed by atoms with E-state index in [-0.39, 0.29) is 18.1 Å². The van der Waals surface area contributed by atoms with E-state index in [0.29, 0.717) is 9.90 Å². The molecule has 1 aromatic carbocycles. The average molecular weight is 420 g/mol. The van der Waals surface area contributed by atoms with Gasteiger partial charge in [-0.3, -0.25) is 4.79 Å². The van der Waals surface area contributed by atoms with Gasteiger partial charge in [-0.25, -0.2) is 9.48 Å². The lowest BCUT2D eigenvalue weighted by Crippen LogP contribution is -2.44. The molecule has 1 N–H and O–H groups in total. The van der Waals surface area contributed by atoms with Crippen LogP contribution < -0.4 is 5.32 Å². The zero-order valence-corrected chi connectivity index (χ0v) is 17.8. The van der Waals surface area contributed by atoms with Gasteiger partial charge in [0, 0.05) is 15.9 Å². The standard InChI is InChI=1S/C20H22ClN3O3S/c1-5-20(3,4)22-17(25)11-27-19(26)16-10-15-12(2)23-24(18(15)28-16)14-8-6-13(21)7-9-14/h6-10H,5,11H2,1-4H3,(H,22,25). The van der Waals surface area contributed by atoms with Crippen LogP contribution in [0.3, 0.4) is 0 Å². The molecular formula is C20H22ClN3O3S. The lowest BCUT2D eigenvalue weighted by Gasteiger charge is -2.24. The molecule has 0 aliphatic heterocycles. The SMILES string of the molecule is CCC(C)(C)NC(=O)COC(=O)c1cc2c(C)nn(-c3ccc(Cl)cc3)c2s1. The lowest BCUT2D eigenvalue weighted by molar-refractivity contribution is -0.125. The number of aromatic nitrogens is 2. The molecule has 0 aliphatic carbocycles. The predicted molar refractivity (Wildman–Crippen MR) is 111 cm³/mol. The summed E-state index contributed by atoms with van der Waals surface area (Å²) < 4.78 is 6.97. The number of carbonyl (C=O) groups is 2.